The van der Waals surface area contributed by atoms with E-state index < -0.39 is 18.0 Å². The van der Waals surface area contributed by atoms with Crippen LogP contribution in [-0.4, -0.2) is 34.9 Å². The topological polar surface area (TPSA) is 99.5 Å². The van der Waals surface area contributed by atoms with Gasteiger partial charge in [-0.05, 0) is 31.2 Å². The number of amides is 1. The van der Waals surface area contributed by atoms with Crippen LogP contribution in [0.5, 0.6) is 5.75 Å². The number of aromatic nitrogens is 2. The van der Waals surface area contributed by atoms with Crippen molar-refractivity contribution in [3.8, 4) is 5.75 Å². The zero-order valence-corrected chi connectivity index (χ0v) is 16.1. The van der Waals surface area contributed by atoms with Crippen LogP contribution in [0.3, 0.4) is 0 Å². The van der Waals surface area contributed by atoms with E-state index in [2.05, 4.69) is 10.4 Å². The molecule has 0 saturated carbocycles. The second-order valence-corrected chi connectivity index (χ2v) is 6.32. The first-order valence-electron chi connectivity index (χ1n) is 9.08. The van der Waals surface area contributed by atoms with Gasteiger partial charge in [-0.25, -0.2) is 0 Å². The number of benzene rings is 2. The third-order valence-corrected chi connectivity index (χ3v) is 4.33. The van der Waals surface area contributed by atoms with Crippen LogP contribution in [0.4, 0.5) is 5.69 Å². The third-order valence-electron chi connectivity index (χ3n) is 4.33. The lowest BCUT2D eigenvalue weighted by molar-refractivity contribution is -0.153. The molecule has 0 fully saturated rings. The molecule has 0 bridgehead atoms. The molecule has 8 heteroatoms. The highest BCUT2D eigenvalue weighted by Gasteiger charge is 2.19. The molecular weight excluding hydrogens is 374 g/mol. The monoisotopic (exact) mass is 395 g/mol. The maximum absolute atomic E-state index is 12.3. The number of fused-ring (bicyclic) bond motifs is 1. The van der Waals surface area contributed by atoms with E-state index in [9.17, 15) is 14.4 Å². The van der Waals surface area contributed by atoms with Gasteiger partial charge in [0.1, 0.15) is 5.75 Å². The van der Waals surface area contributed by atoms with Crippen LogP contribution in [-0.2, 0) is 20.9 Å². The quantitative estimate of drug-likeness (QED) is 0.617. The van der Waals surface area contributed by atoms with Crippen molar-refractivity contribution in [3.05, 3.63) is 65.0 Å². The molecule has 150 valence electrons. The molecule has 1 atom stereocenters. The molecule has 0 radical (unpaired) electrons. The molecule has 0 aliphatic rings. The molecule has 3 rings (SSSR count). The molecule has 0 aliphatic heterocycles. The molecule has 0 aliphatic carbocycles. The molecule has 1 amide bonds. The van der Waals surface area contributed by atoms with Gasteiger partial charge in [-0.2, -0.15) is 5.10 Å². The zero-order valence-electron chi connectivity index (χ0n) is 16.1. The van der Waals surface area contributed by atoms with Gasteiger partial charge in [-0.15, -0.1) is 0 Å². The maximum atomic E-state index is 12.3. The number of hydrogen-bond donors (Lipinski definition) is 1. The smallest absolute Gasteiger partial charge is 0.308 e. The van der Waals surface area contributed by atoms with Crippen molar-refractivity contribution >= 4 is 28.5 Å². The molecule has 1 heterocycles. The number of carbonyl (C=O) groups excluding carboxylic acids is 2. The van der Waals surface area contributed by atoms with E-state index in [0.29, 0.717) is 22.3 Å². The Morgan fingerprint density at radius 2 is 1.86 bits per heavy atom. The zero-order chi connectivity index (χ0) is 20.8. The number of hydrogen-bond acceptors (Lipinski definition) is 6. The summed E-state index contributed by atoms with van der Waals surface area (Å²) in [6, 6.07) is 14.0. The van der Waals surface area contributed by atoms with Crippen molar-refractivity contribution in [1.82, 2.24) is 9.78 Å². The van der Waals surface area contributed by atoms with Crippen LogP contribution in [0, 0.1) is 0 Å². The number of ether oxygens (including phenoxy) is 2. The number of nitrogens with zero attached hydrogens (tertiary/aromatic N) is 2. The number of rotatable bonds is 7. The fraction of sp³-hybridized carbons (Fsp3) is 0.238. The molecule has 2 aromatic carbocycles. The van der Waals surface area contributed by atoms with Gasteiger partial charge in [-0.1, -0.05) is 24.3 Å². The highest BCUT2D eigenvalue weighted by Crippen LogP contribution is 2.23. The minimum atomic E-state index is -0.980. The molecule has 8 nitrogen and oxygen atoms in total. The van der Waals surface area contributed by atoms with Crippen molar-refractivity contribution in [3.63, 3.8) is 0 Å². The highest BCUT2D eigenvalue weighted by atomic mass is 16.5. The van der Waals surface area contributed by atoms with E-state index in [4.69, 9.17) is 9.47 Å². The Hall–Kier alpha value is -3.68. The summed E-state index contributed by atoms with van der Waals surface area (Å²) in [6.45, 7) is 1.72. The summed E-state index contributed by atoms with van der Waals surface area (Å²) in [5, 5.41) is 7.28. The lowest BCUT2D eigenvalue weighted by atomic mass is 10.2. The number of para-hydroxylation sites is 3. The van der Waals surface area contributed by atoms with Crippen LogP contribution in [0.15, 0.2) is 59.5 Å². The van der Waals surface area contributed by atoms with Gasteiger partial charge in [0, 0.05) is 5.39 Å². The first-order valence-corrected chi connectivity index (χ1v) is 9.08. The lowest BCUT2D eigenvalue weighted by Crippen LogP contribution is -2.30. The molecule has 1 aromatic heterocycles. The SMILES string of the molecule is COc1ccccc1NC(=O)C(C)OC(=O)CCn1ncc(=O)c2ccccc21. The van der Waals surface area contributed by atoms with E-state index in [0.717, 1.165) is 0 Å². The fourth-order valence-electron chi connectivity index (χ4n) is 2.83. The van der Waals surface area contributed by atoms with Crippen LogP contribution >= 0.6 is 0 Å². The third kappa shape index (κ3) is 4.78. The number of carbonyl (C=O) groups is 2. The molecule has 1 unspecified atom stereocenters. The molecule has 0 saturated heterocycles. The minimum Gasteiger partial charge on any atom is -0.495 e. The van der Waals surface area contributed by atoms with Crippen LogP contribution in [0.25, 0.3) is 10.9 Å². The van der Waals surface area contributed by atoms with Gasteiger partial charge >= 0.3 is 5.97 Å². The average molecular weight is 395 g/mol. The van der Waals surface area contributed by atoms with Crippen LogP contribution < -0.4 is 15.5 Å². The summed E-state index contributed by atoms with van der Waals surface area (Å²) in [6.07, 6.45) is 0.245. The summed E-state index contributed by atoms with van der Waals surface area (Å²) in [5.41, 5.74) is 0.947. The Labute approximate surface area is 167 Å². The van der Waals surface area contributed by atoms with Crippen molar-refractivity contribution in [2.75, 3.05) is 12.4 Å². The number of nitrogens with one attached hydrogen (secondary N) is 1. The molecule has 29 heavy (non-hydrogen) atoms. The Morgan fingerprint density at radius 3 is 2.66 bits per heavy atom. The van der Waals surface area contributed by atoms with E-state index >= 15 is 0 Å². The summed E-state index contributed by atoms with van der Waals surface area (Å²) >= 11 is 0. The summed E-state index contributed by atoms with van der Waals surface area (Å²) in [7, 11) is 1.50. The Morgan fingerprint density at radius 1 is 1.14 bits per heavy atom. The van der Waals surface area contributed by atoms with Gasteiger partial charge in [0.05, 0.1) is 37.5 Å². The Bertz CT molecular complexity index is 1090. The Kier molecular flexibility index (Phi) is 6.23. The number of anilines is 1. The van der Waals surface area contributed by atoms with E-state index in [1.54, 1.807) is 53.2 Å². The summed E-state index contributed by atoms with van der Waals surface area (Å²) in [4.78, 5) is 36.4. The lowest BCUT2D eigenvalue weighted by Gasteiger charge is -2.15. The summed E-state index contributed by atoms with van der Waals surface area (Å²) in [5.74, 6) is -0.498. The number of aryl methyl sites for hydroxylation is 1. The van der Waals surface area contributed by atoms with Gasteiger partial charge in [-0.3, -0.25) is 19.1 Å². The maximum Gasteiger partial charge on any atom is 0.308 e. The van der Waals surface area contributed by atoms with Gasteiger partial charge < -0.3 is 14.8 Å². The van der Waals surface area contributed by atoms with Crippen molar-refractivity contribution in [1.29, 1.82) is 0 Å². The standard InChI is InChI=1S/C21H21N3O5/c1-14(21(27)23-16-8-4-6-10-19(16)28-2)29-20(26)11-12-24-17-9-5-3-7-15(17)18(25)13-22-24/h3-10,13-14H,11-12H2,1-2H3,(H,23,27). The fourth-order valence-corrected chi connectivity index (χ4v) is 2.83. The molecule has 0 spiro atoms. The van der Waals surface area contributed by atoms with Gasteiger partial charge in [0.15, 0.2) is 6.10 Å². The molecule has 3 aromatic rings. The first-order chi connectivity index (χ1) is 14.0. The first kappa shape index (κ1) is 20.1. The van der Waals surface area contributed by atoms with E-state index in [1.165, 1.54) is 20.2 Å². The Balaban J connectivity index is 1.59. The second kappa shape index (κ2) is 9.01. The van der Waals surface area contributed by atoms with Gasteiger partial charge in [0.25, 0.3) is 5.91 Å². The van der Waals surface area contributed by atoms with Crippen molar-refractivity contribution in [2.24, 2.45) is 0 Å². The van der Waals surface area contributed by atoms with Crippen molar-refractivity contribution in [2.45, 2.75) is 26.0 Å². The largest absolute Gasteiger partial charge is 0.495 e. The number of methoxy groups -OCH3 is 1. The van der Waals surface area contributed by atoms with Crippen LogP contribution in [0.1, 0.15) is 13.3 Å². The predicted octanol–water partition coefficient (Wildman–Crippen LogP) is 2.37. The average Bonchev–Trinajstić information content (AvgIpc) is 2.73. The van der Waals surface area contributed by atoms with Gasteiger partial charge in [0.2, 0.25) is 5.43 Å². The van der Waals surface area contributed by atoms with Crippen LogP contribution in [0.2, 0.25) is 0 Å². The van der Waals surface area contributed by atoms with E-state index in [-0.39, 0.29) is 18.4 Å². The molecular formula is C21H21N3O5. The predicted molar refractivity (Wildman–Crippen MR) is 108 cm³/mol. The normalized spacial score (nSPS) is 11.7. The number of esters is 1. The van der Waals surface area contributed by atoms with E-state index in [1.807, 2.05) is 0 Å². The summed E-state index contributed by atoms with van der Waals surface area (Å²) < 4.78 is 12.0. The second-order valence-electron chi connectivity index (χ2n) is 6.32. The van der Waals surface area contributed by atoms with Crippen molar-refractivity contribution < 1.29 is 19.1 Å². The highest BCUT2D eigenvalue weighted by molar-refractivity contribution is 5.96. The molecule has 1 N–H and O–H groups in total. The minimum absolute atomic E-state index is 0.00609.